The molecule has 2 aromatic heterocycles. The smallest absolute Gasteiger partial charge is 0.0837 e. The predicted molar refractivity (Wildman–Crippen MR) is 91.5 cm³/mol. The molecule has 0 aliphatic heterocycles. The van der Waals surface area contributed by atoms with E-state index in [1.54, 1.807) is 17.5 Å². The number of thiophene rings is 1. The molecule has 2 heterocycles. The van der Waals surface area contributed by atoms with Gasteiger partial charge in [0.15, 0.2) is 0 Å². The third kappa shape index (κ3) is 3.64. The molecule has 1 atom stereocenters. The molecule has 0 spiro atoms. The van der Waals surface area contributed by atoms with E-state index in [1.807, 2.05) is 24.8 Å². The second-order valence-electron chi connectivity index (χ2n) is 4.66. The molecular weight excluding hydrogens is 427 g/mol. The van der Waals surface area contributed by atoms with E-state index in [2.05, 4.69) is 41.9 Å². The Morgan fingerprint density at radius 3 is 2.75 bits per heavy atom. The molecule has 2 N–H and O–H groups in total. The summed E-state index contributed by atoms with van der Waals surface area (Å²) in [7, 11) is 4.05. The van der Waals surface area contributed by atoms with Gasteiger partial charge in [0, 0.05) is 12.1 Å². The molecule has 0 fully saturated rings. The lowest BCUT2D eigenvalue weighted by Crippen LogP contribution is -2.23. The van der Waals surface area contributed by atoms with Gasteiger partial charge in [-0.15, -0.1) is 11.3 Å². The molecule has 110 valence electrons. The van der Waals surface area contributed by atoms with E-state index in [9.17, 15) is 0 Å². The largest absolute Gasteiger partial charge is 0.319 e. The normalized spacial score (nSPS) is 13.2. The monoisotopic (exact) mass is 440 g/mol. The van der Waals surface area contributed by atoms with Gasteiger partial charge < -0.3 is 10.6 Å². The molecular formula is C12H15Br2ClN4S. The summed E-state index contributed by atoms with van der Waals surface area (Å²) >= 11 is 14.9. The van der Waals surface area contributed by atoms with Crippen LogP contribution in [0.4, 0.5) is 0 Å². The molecule has 8 heteroatoms. The summed E-state index contributed by atoms with van der Waals surface area (Å²) < 4.78 is 3.92. The first-order chi connectivity index (χ1) is 9.40. The molecule has 0 aromatic carbocycles. The summed E-state index contributed by atoms with van der Waals surface area (Å²) in [5, 5.41) is 4.93. The lowest BCUT2D eigenvalue weighted by Gasteiger charge is -2.16. The van der Waals surface area contributed by atoms with Crippen molar-refractivity contribution < 1.29 is 0 Å². The Morgan fingerprint density at radius 1 is 1.50 bits per heavy atom. The Kier molecular flexibility index (Phi) is 5.67. The second-order valence-corrected chi connectivity index (χ2v) is 8.82. The van der Waals surface area contributed by atoms with Gasteiger partial charge in [-0.25, -0.2) is 0 Å². The van der Waals surface area contributed by atoms with Crippen LogP contribution in [0.5, 0.6) is 0 Å². The van der Waals surface area contributed by atoms with Crippen LogP contribution in [-0.2, 0) is 6.54 Å². The van der Waals surface area contributed by atoms with Crippen LogP contribution in [0.2, 0.25) is 5.02 Å². The summed E-state index contributed by atoms with van der Waals surface area (Å²) in [6, 6.07) is 1.71. The summed E-state index contributed by atoms with van der Waals surface area (Å²) in [6.45, 7) is 1.64. The Bertz CT molecular complexity index is 596. The zero-order valence-corrected chi connectivity index (χ0v) is 15.9. The summed E-state index contributed by atoms with van der Waals surface area (Å²) in [4.78, 5) is 2.10. The number of rotatable bonds is 5. The fraction of sp³-hybridized carbons (Fsp3) is 0.417. The van der Waals surface area contributed by atoms with Gasteiger partial charge in [-0.3, -0.25) is 4.68 Å². The first-order valence-corrected chi connectivity index (χ1v) is 8.74. The van der Waals surface area contributed by atoms with Crippen molar-refractivity contribution in [3.05, 3.63) is 36.1 Å². The van der Waals surface area contributed by atoms with Crippen LogP contribution in [-0.4, -0.2) is 35.3 Å². The SMILES string of the molecule is CN(C)CCn1ncc(Cl)c1C(N)c1cc(Br)sc1Br. The molecule has 2 aromatic rings. The minimum atomic E-state index is -0.302. The van der Waals surface area contributed by atoms with Gasteiger partial charge in [0.25, 0.3) is 0 Å². The predicted octanol–water partition coefficient (Wildman–Crippen LogP) is 3.73. The van der Waals surface area contributed by atoms with Crippen LogP contribution in [0.25, 0.3) is 0 Å². The third-order valence-electron chi connectivity index (χ3n) is 2.90. The van der Waals surface area contributed by atoms with Crippen molar-refractivity contribution in [2.24, 2.45) is 5.73 Å². The van der Waals surface area contributed by atoms with Crippen molar-refractivity contribution in [1.82, 2.24) is 14.7 Å². The fourth-order valence-corrected chi connectivity index (χ4v) is 5.05. The van der Waals surface area contributed by atoms with Crippen LogP contribution in [0.1, 0.15) is 17.3 Å². The number of hydrogen-bond donors (Lipinski definition) is 1. The molecule has 0 saturated carbocycles. The highest BCUT2D eigenvalue weighted by Crippen LogP contribution is 2.38. The highest BCUT2D eigenvalue weighted by molar-refractivity contribution is 9.12. The number of likely N-dealkylation sites (N-methyl/N-ethyl adjacent to an activating group) is 1. The van der Waals surface area contributed by atoms with E-state index >= 15 is 0 Å². The van der Waals surface area contributed by atoms with Crippen molar-refractivity contribution in [3.8, 4) is 0 Å². The molecule has 0 amide bonds. The second kappa shape index (κ2) is 6.89. The molecule has 0 radical (unpaired) electrons. The van der Waals surface area contributed by atoms with Crippen LogP contribution in [0.3, 0.4) is 0 Å². The average Bonchev–Trinajstić information content (AvgIpc) is 2.89. The van der Waals surface area contributed by atoms with E-state index in [-0.39, 0.29) is 6.04 Å². The quantitative estimate of drug-likeness (QED) is 0.768. The van der Waals surface area contributed by atoms with Crippen molar-refractivity contribution >= 4 is 54.8 Å². The maximum absolute atomic E-state index is 6.38. The summed E-state index contributed by atoms with van der Waals surface area (Å²) in [6.07, 6.45) is 1.65. The van der Waals surface area contributed by atoms with Gasteiger partial charge in [0.1, 0.15) is 0 Å². The molecule has 0 aliphatic rings. The molecule has 2 rings (SSSR count). The lowest BCUT2D eigenvalue weighted by atomic mass is 10.1. The van der Waals surface area contributed by atoms with Crippen LogP contribution >= 0.6 is 54.8 Å². The number of hydrogen-bond acceptors (Lipinski definition) is 4. The topological polar surface area (TPSA) is 47.1 Å². The van der Waals surface area contributed by atoms with Crippen molar-refractivity contribution in [2.75, 3.05) is 20.6 Å². The highest BCUT2D eigenvalue weighted by Gasteiger charge is 2.22. The molecule has 20 heavy (non-hydrogen) atoms. The number of aromatic nitrogens is 2. The maximum atomic E-state index is 6.38. The van der Waals surface area contributed by atoms with E-state index < -0.39 is 0 Å². The van der Waals surface area contributed by atoms with Crippen molar-refractivity contribution in [2.45, 2.75) is 12.6 Å². The van der Waals surface area contributed by atoms with E-state index in [0.29, 0.717) is 5.02 Å². The molecule has 0 bridgehead atoms. The molecule has 0 aliphatic carbocycles. The Labute approximate surface area is 144 Å². The number of halogens is 3. The van der Waals surface area contributed by atoms with Gasteiger partial charge in [0.2, 0.25) is 0 Å². The van der Waals surface area contributed by atoms with Gasteiger partial charge in [-0.05, 0) is 52.0 Å². The Hall–Kier alpha value is 0.0800. The third-order valence-corrected chi connectivity index (χ3v) is 5.58. The highest BCUT2D eigenvalue weighted by atomic mass is 79.9. The van der Waals surface area contributed by atoms with Crippen LogP contribution in [0.15, 0.2) is 19.8 Å². The molecule has 1 unspecified atom stereocenters. The van der Waals surface area contributed by atoms with Crippen LogP contribution in [0, 0.1) is 0 Å². The summed E-state index contributed by atoms with van der Waals surface area (Å²) in [5.74, 6) is 0. The van der Waals surface area contributed by atoms with Crippen LogP contribution < -0.4 is 5.73 Å². The van der Waals surface area contributed by atoms with Gasteiger partial charge in [-0.2, -0.15) is 5.10 Å². The summed E-state index contributed by atoms with van der Waals surface area (Å²) in [5.41, 5.74) is 8.24. The zero-order valence-electron chi connectivity index (χ0n) is 11.1. The van der Waals surface area contributed by atoms with E-state index in [4.69, 9.17) is 17.3 Å². The van der Waals surface area contributed by atoms with E-state index in [0.717, 1.165) is 31.9 Å². The van der Waals surface area contributed by atoms with Crippen molar-refractivity contribution in [3.63, 3.8) is 0 Å². The fourth-order valence-electron chi connectivity index (χ4n) is 1.87. The Morgan fingerprint density at radius 2 is 2.20 bits per heavy atom. The minimum Gasteiger partial charge on any atom is -0.319 e. The minimum absolute atomic E-state index is 0.302. The van der Waals surface area contributed by atoms with E-state index in [1.165, 1.54) is 0 Å². The standard InChI is InChI=1S/C12H15Br2ClN4S/c1-18(2)3-4-19-11(8(15)6-17-19)10(16)7-5-9(13)20-12(7)14/h5-6,10H,3-4,16H2,1-2H3. The first kappa shape index (κ1) is 16.5. The van der Waals surface area contributed by atoms with Crippen molar-refractivity contribution in [1.29, 1.82) is 0 Å². The zero-order chi connectivity index (χ0) is 14.9. The number of nitrogens with two attached hydrogens (primary N) is 1. The van der Waals surface area contributed by atoms with Gasteiger partial charge in [0.05, 0.1) is 37.1 Å². The lowest BCUT2D eigenvalue weighted by molar-refractivity contribution is 0.368. The maximum Gasteiger partial charge on any atom is 0.0837 e. The van der Waals surface area contributed by atoms with Gasteiger partial charge in [-0.1, -0.05) is 11.6 Å². The Balaban J connectivity index is 2.31. The van der Waals surface area contributed by atoms with Gasteiger partial charge >= 0.3 is 0 Å². The number of nitrogens with zero attached hydrogens (tertiary/aromatic N) is 3. The molecule has 0 saturated heterocycles. The average molecular weight is 443 g/mol. The first-order valence-electron chi connectivity index (χ1n) is 5.96. The molecule has 4 nitrogen and oxygen atoms in total.